The molecule has 0 spiro atoms. The van der Waals surface area contributed by atoms with E-state index in [1.54, 1.807) is 7.11 Å². The van der Waals surface area contributed by atoms with Gasteiger partial charge in [0.05, 0.1) is 12.5 Å². The van der Waals surface area contributed by atoms with E-state index in [9.17, 15) is 9.90 Å². The van der Waals surface area contributed by atoms with Crippen LogP contribution in [0.5, 0.6) is 5.75 Å². The number of methoxy groups -OCH3 is 1. The lowest BCUT2D eigenvalue weighted by molar-refractivity contribution is -0.143. The Morgan fingerprint density at radius 3 is 2.47 bits per heavy atom. The zero-order chi connectivity index (χ0) is 12.5. The van der Waals surface area contributed by atoms with E-state index in [0.29, 0.717) is 0 Å². The van der Waals surface area contributed by atoms with E-state index < -0.39 is 11.4 Å². The molecule has 3 heteroatoms. The lowest BCUT2D eigenvalue weighted by atomic mass is 9.78. The highest BCUT2D eigenvalue weighted by atomic mass is 16.5. The van der Waals surface area contributed by atoms with E-state index in [4.69, 9.17) is 4.74 Å². The average Bonchev–Trinajstić information content (AvgIpc) is 2.79. The Morgan fingerprint density at radius 1 is 1.35 bits per heavy atom. The maximum atomic E-state index is 11.6. The van der Waals surface area contributed by atoms with E-state index in [-0.39, 0.29) is 0 Å². The minimum atomic E-state index is -0.695. The van der Waals surface area contributed by atoms with Gasteiger partial charge in [0.2, 0.25) is 0 Å². The Balaban J connectivity index is 2.44. The molecule has 0 atom stereocenters. The second kappa shape index (κ2) is 4.40. The van der Waals surface area contributed by atoms with Crippen LogP contribution in [0.4, 0.5) is 0 Å². The first kappa shape index (κ1) is 12.0. The number of hydrogen-bond acceptors (Lipinski definition) is 2. The van der Waals surface area contributed by atoms with Crippen LogP contribution in [0.15, 0.2) is 18.2 Å². The van der Waals surface area contributed by atoms with Crippen LogP contribution in [0.1, 0.15) is 36.8 Å². The minimum Gasteiger partial charge on any atom is -0.496 e. The van der Waals surface area contributed by atoms with Gasteiger partial charge in [-0.15, -0.1) is 0 Å². The maximum absolute atomic E-state index is 11.6. The molecule has 92 valence electrons. The topological polar surface area (TPSA) is 46.5 Å². The van der Waals surface area contributed by atoms with Crippen molar-refractivity contribution in [2.45, 2.75) is 38.0 Å². The molecule has 0 bridgehead atoms. The SMILES string of the molecule is COc1ccc(C2(C(=O)O)CCCC2)cc1C. The van der Waals surface area contributed by atoms with Gasteiger partial charge < -0.3 is 9.84 Å². The average molecular weight is 234 g/mol. The van der Waals surface area contributed by atoms with Gasteiger partial charge in [-0.05, 0) is 37.0 Å². The van der Waals surface area contributed by atoms with Crippen molar-refractivity contribution in [3.63, 3.8) is 0 Å². The second-order valence-corrected chi connectivity index (χ2v) is 4.78. The Morgan fingerprint density at radius 2 is 2.00 bits per heavy atom. The van der Waals surface area contributed by atoms with Crippen LogP contribution >= 0.6 is 0 Å². The van der Waals surface area contributed by atoms with Crippen molar-refractivity contribution >= 4 is 5.97 Å². The molecule has 1 aromatic carbocycles. The van der Waals surface area contributed by atoms with Gasteiger partial charge in [-0.2, -0.15) is 0 Å². The predicted octanol–water partition coefficient (Wildman–Crippen LogP) is 2.90. The second-order valence-electron chi connectivity index (χ2n) is 4.78. The molecule has 1 aliphatic carbocycles. The molecule has 1 saturated carbocycles. The first-order chi connectivity index (χ1) is 8.10. The summed E-state index contributed by atoms with van der Waals surface area (Å²) in [6.07, 6.45) is 3.48. The molecule has 0 aromatic heterocycles. The third-order valence-electron chi connectivity index (χ3n) is 3.81. The fourth-order valence-electron chi connectivity index (χ4n) is 2.78. The van der Waals surface area contributed by atoms with Crippen molar-refractivity contribution in [2.24, 2.45) is 0 Å². The number of benzene rings is 1. The Bertz CT molecular complexity index is 431. The van der Waals surface area contributed by atoms with E-state index in [2.05, 4.69) is 0 Å². The largest absolute Gasteiger partial charge is 0.496 e. The number of aliphatic carboxylic acids is 1. The summed E-state index contributed by atoms with van der Waals surface area (Å²) in [7, 11) is 1.63. The molecule has 1 aromatic rings. The molecule has 0 aliphatic heterocycles. The van der Waals surface area contributed by atoms with Gasteiger partial charge in [0.15, 0.2) is 0 Å². The first-order valence-corrected chi connectivity index (χ1v) is 5.99. The van der Waals surface area contributed by atoms with Crippen molar-refractivity contribution < 1.29 is 14.6 Å². The Kier molecular flexibility index (Phi) is 3.09. The number of hydrogen-bond donors (Lipinski definition) is 1. The van der Waals surface area contributed by atoms with Crippen molar-refractivity contribution in [1.82, 2.24) is 0 Å². The maximum Gasteiger partial charge on any atom is 0.314 e. The van der Waals surface area contributed by atoms with Crippen molar-refractivity contribution in [3.05, 3.63) is 29.3 Å². The van der Waals surface area contributed by atoms with Crippen LogP contribution in [0.3, 0.4) is 0 Å². The number of rotatable bonds is 3. The zero-order valence-corrected chi connectivity index (χ0v) is 10.3. The monoisotopic (exact) mass is 234 g/mol. The van der Waals surface area contributed by atoms with Gasteiger partial charge in [-0.1, -0.05) is 25.0 Å². The normalized spacial score (nSPS) is 18.0. The molecule has 1 fully saturated rings. The summed E-state index contributed by atoms with van der Waals surface area (Å²) in [5.41, 5.74) is 1.25. The van der Waals surface area contributed by atoms with Gasteiger partial charge in [0, 0.05) is 0 Å². The van der Waals surface area contributed by atoms with Crippen LogP contribution in [0, 0.1) is 6.92 Å². The highest BCUT2D eigenvalue weighted by Crippen LogP contribution is 2.42. The Hall–Kier alpha value is -1.51. The van der Waals surface area contributed by atoms with E-state index >= 15 is 0 Å². The summed E-state index contributed by atoms with van der Waals surface area (Å²) in [4.78, 5) is 11.6. The number of aryl methyl sites for hydroxylation is 1. The molecule has 1 N–H and O–H groups in total. The molecule has 0 heterocycles. The molecule has 1 aliphatic rings. The molecule has 2 rings (SSSR count). The molecular formula is C14H18O3. The zero-order valence-electron chi connectivity index (χ0n) is 10.3. The van der Waals surface area contributed by atoms with Crippen LogP contribution in [-0.4, -0.2) is 18.2 Å². The molecule has 0 unspecified atom stereocenters. The Labute approximate surface area is 101 Å². The van der Waals surface area contributed by atoms with Gasteiger partial charge in [-0.25, -0.2) is 0 Å². The number of carboxylic acids is 1. The molecule has 0 radical (unpaired) electrons. The molecule has 0 amide bonds. The summed E-state index contributed by atoms with van der Waals surface area (Å²) in [6.45, 7) is 1.95. The van der Waals surface area contributed by atoms with Crippen LogP contribution in [0.2, 0.25) is 0 Å². The van der Waals surface area contributed by atoms with Crippen molar-refractivity contribution in [2.75, 3.05) is 7.11 Å². The van der Waals surface area contributed by atoms with Crippen LogP contribution in [0.25, 0.3) is 0 Å². The third kappa shape index (κ3) is 1.90. The van der Waals surface area contributed by atoms with Gasteiger partial charge in [0.25, 0.3) is 0 Å². The molecule has 3 nitrogen and oxygen atoms in total. The first-order valence-electron chi connectivity index (χ1n) is 5.99. The molecular weight excluding hydrogens is 216 g/mol. The minimum absolute atomic E-state index is 0.670. The highest BCUT2D eigenvalue weighted by Gasteiger charge is 2.42. The quantitative estimate of drug-likeness (QED) is 0.874. The van der Waals surface area contributed by atoms with E-state index in [0.717, 1.165) is 42.6 Å². The summed E-state index contributed by atoms with van der Waals surface area (Å²) in [6, 6.07) is 5.72. The molecule has 17 heavy (non-hydrogen) atoms. The van der Waals surface area contributed by atoms with Gasteiger partial charge in [-0.3, -0.25) is 4.79 Å². The van der Waals surface area contributed by atoms with E-state index in [1.807, 2.05) is 25.1 Å². The number of carboxylic acid groups (broad SMARTS) is 1. The van der Waals surface area contributed by atoms with Crippen molar-refractivity contribution in [3.8, 4) is 5.75 Å². The van der Waals surface area contributed by atoms with Gasteiger partial charge in [0.1, 0.15) is 5.75 Å². The van der Waals surface area contributed by atoms with Crippen LogP contribution < -0.4 is 4.74 Å². The fraction of sp³-hybridized carbons (Fsp3) is 0.500. The summed E-state index contributed by atoms with van der Waals surface area (Å²) in [5, 5.41) is 9.50. The van der Waals surface area contributed by atoms with Gasteiger partial charge >= 0.3 is 5.97 Å². The summed E-state index contributed by atoms with van der Waals surface area (Å²) >= 11 is 0. The lowest BCUT2D eigenvalue weighted by Crippen LogP contribution is -2.32. The smallest absolute Gasteiger partial charge is 0.314 e. The lowest BCUT2D eigenvalue weighted by Gasteiger charge is -2.25. The number of ether oxygens (including phenoxy) is 1. The van der Waals surface area contributed by atoms with Crippen molar-refractivity contribution in [1.29, 1.82) is 0 Å². The highest BCUT2D eigenvalue weighted by molar-refractivity contribution is 5.82. The molecule has 0 saturated heterocycles. The predicted molar refractivity (Wildman–Crippen MR) is 65.5 cm³/mol. The number of carbonyl (C=O) groups is 1. The summed E-state index contributed by atoms with van der Waals surface area (Å²) in [5.74, 6) is 0.117. The third-order valence-corrected chi connectivity index (χ3v) is 3.81. The summed E-state index contributed by atoms with van der Waals surface area (Å²) < 4.78 is 5.21. The standard InChI is InChI=1S/C14H18O3/c1-10-9-11(5-6-12(10)17-2)14(13(15)16)7-3-4-8-14/h5-6,9H,3-4,7-8H2,1-2H3,(H,15,16). The van der Waals surface area contributed by atoms with Crippen LogP contribution in [-0.2, 0) is 10.2 Å². The van der Waals surface area contributed by atoms with E-state index in [1.165, 1.54) is 0 Å². The fourth-order valence-corrected chi connectivity index (χ4v) is 2.78.